The first kappa shape index (κ1) is 25.7. The number of likely N-dealkylation sites (tertiary alicyclic amines) is 1. The van der Waals surface area contributed by atoms with Crippen LogP contribution in [0, 0.1) is 0 Å². The third-order valence-corrected chi connectivity index (χ3v) is 6.86. The van der Waals surface area contributed by atoms with Crippen LogP contribution in [0.25, 0.3) is 33.1 Å². The molecule has 5 rings (SSSR count). The number of nitrogens with zero attached hydrogens (tertiary/aromatic N) is 1. The molecule has 0 spiro atoms. The minimum absolute atomic E-state index is 0.0179. The molecule has 10 nitrogen and oxygen atoms in total. The van der Waals surface area contributed by atoms with Crippen LogP contribution >= 0.6 is 0 Å². The highest BCUT2D eigenvalue weighted by atomic mass is 16.3. The highest BCUT2D eigenvalue weighted by Crippen LogP contribution is 2.25. The molecular weight excluding hydrogens is 488 g/mol. The molecule has 3 heterocycles. The Labute approximate surface area is 217 Å². The van der Waals surface area contributed by atoms with Crippen molar-refractivity contribution in [2.75, 3.05) is 19.6 Å². The van der Waals surface area contributed by atoms with Gasteiger partial charge < -0.3 is 35.5 Å². The SMILES string of the molecule is O=C(NCC[C@@H](O)C[C@@H](O)CC(=O)N1CC(O)C1)c1ccc2[nH]c(-c3cc4ccccc4[nH]c3=O)cc2c1. The number of amides is 2. The second kappa shape index (κ2) is 10.8. The van der Waals surface area contributed by atoms with E-state index in [0.717, 1.165) is 21.8 Å². The number of aromatic amines is 2. The third kappa shape index (κ3) is 5.62. The molecule has 2 aromatic carbocycles. The van der Waals surface area contributed by atoms with Crippen molar-refractivity contribution < 1.29 is 24.9 Å². The van der Waals surface area contributed by atoms with E-state index in [-0.39, 0.29) is 56.3 Å². The Hall–Kier alpha value is -3.99. The zero-order valence-corrected chi connectivity index (χ0v) is 20.7. The first-order valence-electron chi connectivity index (χ1n) is 12.6. The van der Waals surface area contributed by atoms with Gasteiger partial charge in [-0.1, -0.05) is 18.2 Å². The fourth-order valence-corrected chi connectivity index (χ4v) is 4.73. The number of pyridine rings is 1. The van der Waals surface area contributed by atoms with Gasteiger partial charge in [-0.15, -0.1) is 0 Å². The van der Waals surface area contributed by atoms with Crippen molar-refractivity contribution in [1.82, 2.24) is 20.2 Å². The summed E-state index contributed by atoms with van der Waals surface area (Å²) in [4.78, 5) is 44.9. The molecule has 2 aromatic heterocycles. The van der Waals surface area contributed by atoms with Gasteiger partial charge in [-0.3, -0.25) is 14.4 Å². The number of β-amino-alcohol motifs (C(OH)–C–C–N with tert-alkyl or cyclic N) is 1. The van der Waals surface area contributed by atoms with Crippen LogP contribution in [-0.2, 0) is 4.79 Å². The summed E-state index contributed by atoms with van der Waals surface area (Å²) in [6.45, 7) is 0.747. The molecule has 2 atom stereocenters. The Balaban J connectivity index is 1.16. The van der Waals surface area contributed by atoms with Crippen LogP contribution in [0.3, 0.4) is 0 Å². The van der Waals surface area contributed by atoms with Crippen LogP contribution in [0.15, 0.2) is 59.4 Å². The number of aliphatic hydroxyl groups is 3. The molecule has 10 heteroatoms. The van der Waals surface area contributed by atoms with Crippen LogP contribution in [0.2, 0.25) is 0 Å². The summed E-state index contributed by atoms with van der Waals surface area (Å²) in [6.07, 6.45) is -2.25. The van der Waals surface area contributed by atoms with Crippen LogP contribution in [-0.4, -0.2) is 79.9 Å². The van der Waals surface area contributed by atoms with Crippen molar-refractivity contribution >= 4 is 33.6 Å². The van der Waals surface area contributed by atoms with Crippen molar-refractivity contribution in [2.24, 2.45) is 0 Å². The molecule has 0 radical (unpaired) electrons. The lowest BCUT2D eigenvalue weighted by molar-refractivity contribution is -0.143. The number of hydrogen-bond donors (Lipinski definition) is 6. The standard InChI is InChI=1S/C28H30N4O6/c33-19(12-20(34)13-26(36)32-14-21(35)15-32)7-8-29-27(37)17-5-6-24-18(9-17)11-25(30-24)22-10-16-3-1-2-4-23(16)31-28(22)38/h1-6,9-11,19-21,30,33-35H,7-8,12-15H2,(H,29,37)(H,31,38)/t19-,20-/m1/s1. The summed E-state index contributed by atoms with van der Waals surface area (Å²) in [5.41, 5.74) is 2.93. The molecule has 1 fully saturated rings. The quantitative estimate of drug-likeness (QED) is 0.197. The number of benzene rings is 2. The topological polar surface area (TPSA) is 159 Å². The maximum Gasteiger partial charge on any atom is 0.257 e. The average molecular weight is 519 g/mol. The van der Waals surface area contributed by atoms with E-state index in [9.17, 15) is 29.7 Å². The lowest BCUT2D eigenvalue weighted by atomic mass is 10.0. The highest BCUT2D eigenvalue weighted by molar-refractivity contribution is 5.99. The molecular formula is C28H30N4O6. The van der Waals surface area contributed by atoms with E-state index in [2.05, 4.69) is 15.3 Å². The Morgan fingerprint density at radius 3 is 2.53 bits per heavy atom. The minimum atomic E-state index is -0.994. The van der Waals surface area contributed by atoms with Gasteiger partial charge in [0.1, 0.15) is 0 Å². The monoisotopic (exact) mass is 518 g/mol. The zero-order valence-electron chi connectivity index (χ0n) is 20.7. The molecule has 1 aliphatic rings. The molecule has 2 amide bonds. The lowest BCUT2D eigenvalue weighted by Gasteiger charge is -2.36. The second-order valence-electron chi connectivity index (χ2n) is 9.83. The molecule has 6 N–H and O–H groups in total. The Morgan fingerprint density at radius 1 is 0.974 bits per heavy atom. The molecule has 4 aromatic rings. The van der Waals surface area contributed by atoms with Crippen LogP contribution in [0.5, 0.6) is 0 Å². The number of aliphatic hydroxyl groups excluding tert-OH is 3. The van der Waals surface area contributed by atoms with Crippen LogP contribution in [0.4, 0.5) is 0 Å². The van der Waals surface area contributed by atoms with Crippen LogP contribution in [0.1, 0.15) is 29.6 Å². The van der Waals surface area contributed by atoms with Crippen molar-refractivity contribution in [3.05, 3.63) is 70.5 Å². The molecule has 0 aliphatic carbocycles. The summed E-state index contributed by atoms with van der Waals surface area (Å²) in [5.74, 6) is -0.561. The van der Waals surface area contributed by atoms with Gasteiger partial charge in [0.15, 0.2) is 0 Å². The summed E-state index contributed by atoms with van der Waals surface area (Å²) in [5, 5.41) is 34.0. The van der Waals surface area contributed by atoms with Crippen molar-refractivity contribution in [2.45, 2.75) is 37.6 Å². The van der Waals surface area contributed by atoms with Gasteiger partial charge in [-0.05, 0) is 54.6 Å². The smallest absolute Gasteiger partial charge is 0.257 e. The molecule has 0 bridgehead atoms. The Morgan fingerprint density at radius 2 is 1.74 bits per heavy atom. The molecule has 0 unspecified atom stereocenters. The van der Waals surface area contributed by atoms with Gasteiger partial charge >= 0.3 is 0 Å². The van der Waals surface area contributed by atoms with E-state index in [1.807, 2.05) is 36.4 Å². The molecule has 38 heavy (non-hydrogen) atoms. The Kier molecular flexibility index (Phi) is 7.28. The van der Waals surface area contributed by atoms with Gasteiger partial charge in [0, 0.05) is 41.6 Å². The van der Waals surface area contributed by atoms with Gasteiger partial charge in [-0.25, -0.2) is 0 Å². The van der Waals surface area contributed by atoms with Crippen molar-refractivity contribution in [3.63, 3.8) is 0 Å². The normalized spacial score (nSPS) is 15.4. The number of aromatic nitrogens is 2. The fourth-order valence-electron chi connectivity index (χ4n) is 4.73. The first-order chi connectivity index (χ1) is 18.3. The predicted octanol–water partition coefficient (Wildman–Crippen LogP) is 1.50. The number of hydrogen-bond acceptors (Lipinski definition) is 6. The van der Waals surface area contributed by atoms with Gasteiger partial charge in [0.2, 0.25) is 5.91 Å². The van der Waals surface area contributed by atoms with E-state index in [4.69, 9.17) is 0 Å². The first-order valence-corrected chi connectivity index (χ1v) is 12.6. The largest absolute Gasteiger partial charge is 0.393 e. The predicted molar refractivity (Wildman–Crippen MR) is 143 cm³/mol. The molecule has 198 valence electrons. The maximum atomic E-state index is 12.7. The molecule has 1 aliphatic heterocycles. The van der Waals surface area contributed by atoms with Gasteiger partial charge in [0.05, 0.1) is 36.0 Å². The lowest BCUT2D eigenvalue weighted by Crippen LogP contribution is -2.54. The van der Waals surface area contributed by atoms with Crippen molar-refractivity contribution in [3.8, 4) is 11.3 Å². The van der Waals surface area contributed by atoms with E-state index in [1.165, 1.54) is 4.90 Å². The zero-order chi connectivity index (χ0) is 26.8. The van der Waals surface area contributed by atoms with Gasteiger partial charge in [0.25, 0.3) is 11.5 Å². The highest BCUT2D eigenvalue weighted by Gasteiger charge is 2.30. The summed E-state index contributed by atoms with van der Waals surface area (Å²) >= 11 is 0. The second-order valence-corrected chi connectivity index (χ2v) is 9.83. The fraction of sp³-hybridized carbons (Fsp3) is 0.321. The van der Waals surface area contributed by atoms with Crippen LogP contribution < -0.4 is 10.9 Å². The number of fused-ring (bicyclic) bond motifs is 2. The number of carbonyl (C=O) groups excluding carboxylic acids is 2. The minimum Gasteiger partial charge on any atom is -0.393 e. The van der Waals surface area contributed by atoms with E-state index in [1.54, 1.807) is 18.2 Å². The number of H-pyrrole nitrogens is 2. The number of para-hydroxylation sites is 1. The number of nitrogens with one attached hydrogen (secondary N) is 3. The van der Waals surface area contributed by atoms with E-state index < -0.39 is 18.3 Å². The van der Waals surface area contributed by atoms with Gasteiger partial charge in [-0.2, -0.15) is 0 Å². The van der Waals surface area contributed by atoms with E-state index >= 15 is 0 Å². The summed E-state index contributed by atoms with van der Waals surface area (Å²) in [6, 6.07) is 16.4. The summed E-state index contributed by atoms with van der Waals surface area (Å²) < 4.78 is 0. The van der Waals surface area contributed by atoms with Crippen molar-refractivity contribution in [1.29, 1.82) is 0 Å². The third-order valence-electron chi connectivity index (χ3n) is 6.86. The molecule has 0 saturated carbocycles. The maximum absolute atomic E-state index is 12.7. The number of rotatable bonds is 9. The summed E-state index contributed by atoms with van der Waals surface area (Å²) in [7, 11) is 0. The molecule has 1 saturated heterocycles. The average Bonchev–Trinajstić information content (AvgIpc) is 3.29. The Bertz CT molecular complexity index is 1540. The van der Waals surface area contributed by atoms with E-state index in [0.29, 0.717) is 16.8 Å². The number of carbonyl (C=O) groups is 2.